The Morgan fingerprint density at radius 2 is 1.90 bits per heavy atom. The lowest BCUT2D eigenvalue weighted by molar-refractivity contribution is -0.121. The molecule has 1 heterocycles. The van der Waals surface area contributed by atoms with Crippen molar-refractivity contribution < 1.29 is 14.3 Å². The highest BCUT2D eigenvalue weighted by Crippen LogP contribution is 2.21. The summed E-state index contributed by atoms with van der Waals surface area (Å²) in [6, 6.07) is 10.5. The van der Waals surface area contributed by atoms with Gasteiger partial charge in [0, 0.05) is 0 Å². The summed E-state index contributed by atoms with van der Waals surface area (Å²) < 4.78 is 4.40. The van der Waals surface area contributed by atoms with Gasteiger partial charge in [0.25, 0.3) is 0 Å². The Bertz CT molecular complexity index is 468. The number of imide groups is 1. The summed E-state index contributed by atoms with van der Waals surface area (Å²) in [5.74, 6) is 0.371. The van der Waals surface area contributed by atoms with Gasteiger partial charge in [0.15, 0.2) is 0 Å². The lowest BCUT2D eigenvalue weighted by Gasteiger charge is -2.31. The number of carbonyl (C=O) groups excluding carboxylic acids is 2. The molecular weight excluding hydrogens is 268 g/mol. The van der Waals surface area contributed by atoms with Gasteiger partial charge in [0.1, 0.15) is 0 Å². The van der Waals surface area contributed by atoms with Gasteiger partial charge in [-0.05, 0) is 43.8 Å². The minimum Gasteiger partial charge on any atom is -0.453 e. The standard InChI is InChI=1S/C16H22N2O3/c1-21-16(20)17-15(19)12-18-9-7-14(8-10-18)11-13-5-3-2-4-6-13/h2-6,14H,7-12H2,1H3,(H,17,19,20). The van der Waals surface area contributed by atoms with Gasteiger partial charge in [-0.15, -0.1) is 0 Å². The van der Waals surface area contributed by atoms with E-state index in [1.807, 2.05) is 6.07 Å². The molecule has 0 aromatic heterocycles. The first kappa shape index (κ1) is 15.5. The van der Waals surface area contributed by atoms with E-state index in [0.29, 0.717) is 5.92 Å². The molecule has 0 saturated carbocycles. The van der Waals surface area contributed by atoms with Crippen LogP contribution in [0.2, 0.25) is 0 Å². The molecule has 5 nitrogen and oxygen atoms in total. The van der Waals surface area contributed by atoms with E-state index in [0.717, 1.165) is 32.4 Å². The van der Waals surface area contributed by atoms with Crippen molar-refractivity contribution in [2.24, 2.45) is 5.92 Å². The molecule has 1 aliphatic rings. The average Bonchev–Trinajstić information content (AvgIpc) is 2.50. The maximum absolute atomic E-state index is 11.6. The number of piperidine rings is 1. The van der Waals surface area contributed by atoms with E-state index in [4.69, 9.17) is 0 Å². The maximum Gasteiger partial charge on any atom is 0.413 e. The van der Waals surface area contributed by atoms with Gasteiger partial charge in [0.2, 0.25) is 5.91 Å². The van der Waals surface area contributed by atoms with Gasteiger partial charge in [-0.25, -0.2) is 4.79 Å². The molecule has 5 heteroatoms. The minimum atomic E-state index is -0.695. The van der Waals surface area contributed by atoms with Gasteiger partial charge in [-0.3, -0.25) is 15.0 Å². The first-order valence-corrected chi connectivity index (χ1v) is 7.31. The summed E-state index contributed by atoms with van der Waals surface area (Å²) >= 11 is 0. The molecule has 0 bridgehead atoms. The fraction of sp³-hybridized carbons (Fsp3) is 0.500. The van der Waals surface area contributed by atoms with Crippen LogP contribution in [0.15, 0.2) is 30.3 Å². The largest absolute Gasteiger partial charge is 0.453 e. The third-order valence-electron chi connectivity index (χ3n) is 3.87. The molecule has 2 rings (SSSR count). The molecule has 1 aromatic carbocycles. The van der Waals surface area contributed by atoms with Crippen LogP contribution in [0.3, 0.4) is 0 Å². The third kappa shape index (κ3) is 5.19. The van der Waals surface area contributed by atoms with Crippen molar-refractivity contribution in [3.05, 3.63) is 35.9 Å². The SMILES string of the molecule is COC(=O)NC(=O)CN1CCC(Cc2ccccc2)CC1. The maximum atomic E-state index is 11.6. The molecule has 1 fully saturated rings. The number of likely N-dealkylation sites (tertiary alicyclic amines) is 1. The van der Waals surface area contributed by atoms with E-state index < -0.39 is 6.09 Å². The number of ether oxygens (including phenoxy) is 1. The predicted octanol–water partition coefficient (Wildman–Crippen LogP) is 1.82. The lowest BCUT2D eigenvalue weighted by atomic mass is 9.90. The molecule has 0 spiro atoms. The number of nitrogens with one attached hydrogen (secondary N) is 1. The van der Waals surface area contributed by atoms with E-state index in [2.05, 4.69) is 39.2 Å². The van der Waals surface area contributed by atoms with Crippen molar-refractivity contribution in [1.29, 1.82) is 0 Å². The van der Waals surface area contributed by atoms with E-state index in [1.165, 1.54) is 12.7 Å². The normalized spacial score (nSPS) is 16.4. The summed E-state index contributed by atoms with van der Waals surface area (Å²) in [6.45, 7) is 2.05. The zero-order valence-corrected chi connectivity index (χ0v) is 12.4. The Labute approximate surface area is 125 Å². The predicted molar refractivity (Wildman–Crippen MR) is 79.9 cm³/mol. The molecule has 0 unspecified atom stereocenters. The Hall–Kier alpha value is -1.88. The molecule has 0 aliphatic carbocycles. The molecule has 0 radical (unpaired) electrons. The topological polar surface area (TPSA) is 58.6 Å². The van der Waals surface area contributed by atoms with Gasteiger partial charge >= 0.3 is 6.09 Å². The van der Waals surface area contributed by atoms with Gasteiger partial charge in [-0.1, -0.05) is 30.3 Å². The number of carbonyl (C=O) groups is 2. The number of alkyl carbamates (subject to hydrolysis) is 1. The van der Waals surface area contributed by atoms with Crippen molar-refractivity contribution >= 4 is 12.0 Å². The van der Waals surface area contributed by atoms with Gasteiger partial charge in [-0.2, -0.15) is 0 Å². The minimum absolute atomic E-state index is 0.257. The highest BCUT2D eigenvalue weighted by Gasteiger charge is 2.21. The number of hydrogen-bond acceptors (Lipinski definition) is 4. The molecule has 21 heavy (non-hydrogen) atoms. The first-order chi connectivity index (χ1) is 10.2. The van der Waals surface area contributed by atoms with Crippen LogP contribution in [-0.2, 0) is 16.0 Å². The molecular formula is C16H22N2O3. The zero-order chi connectivity index (χ0) is 15.1. The molecule has 1 saturated heterocycles. The van der Waals surface area contributed by atoms with Crippen LogP contribution in [0, 0.1) is 5.92 Å². The average molecular weight is 290 g/mol. The summed E-state index contributed by atoms with van der Waals surface area (Å²) in [7, 11) is 1.25. The summed E-state index contributed by atoms with van der Waals surface area (Å²) in [6.07, 6.45) is 2.57. The Morgan fingerprint density at radius 3 is 2.52 bits per heavy atom. The van der Waals surface area contributed by atoms with E-state index >= 15 is 0 Å². The van der Waals surface area contributed by atoms with Crippen LogP contribution >= 0.6 is 0 Å². The summed E-state index contributed by atoms with van der Waals surface area (Å²) in [4.78, 5) is 24.6. The van der Waals surface area contributed by atoms with Gasteiger partial charge < -0.3 is 4.74 Å². The highest BCUT2D eigenvalue weighted by atomic mass is 16.5. The van der Waals surface area contributed by atoms with Crippen LogP contribution in [0.25, 0.3) is 0 Å². The monoisotopic (exact) mass is 290 g/mol. The van der Waals surface area contributed by atoms with Crippen molar-refractivity contribution in [2.45, 2.75) is 19.3 Å². The lowest BCUT2D eigenvalue weighted by Crippen LogP contribution is -2.43. The highest BCUT2D eigenvalue weighted by molar-refractivity contribution is 5.92. The van der Waals surface area contributed by atoms with Crippen molar-refractivity contribution in [3.8, 4) is 0 Å². The van der Waals surface area contributed by atoms with Crippen molar-refractivity contribution in [1.82, 2.24) is 10.2 Å². The summed E-state index contributed by atoms with van der Waals surface area (Å²) in [5, 5.41) is 2.19. The van der Waals surface area contributed by atoms with Crippen molar-refractivity contribution in [2.75, 3.05) is 26.7 Å². The summed E-state index contributed by atoms with van der Waals surface area (Å²) in [5.41, 5.74) is 1.37. The first-order valence-electron chi connectivity index (χ1n) is 7.31. The van der Waals surface area contributed by atoms with Crippen LogP contribution in [-0.4, -0.2) is 43.6 Å². The molecule has 1 N–H and O–H groups in total. The zero-order valence-electron chi connectivity index (χ0n) is 12.4. The fourth-order valence-corrected chi connectivity index (χ4v) is 2.70. The number of rotatable bonds is 4. The number of methoxy groups -OCH3 is 1. The fourth-order valence-electron chi connectivity index (χ4n) is 2.70. The van der Waals surface area contributed by atoms with Crippen LogP contribution in [0.5, 0.6) is 0 Å². The van der Waals surface area contributed by atoms with E-state index in [1.54, 1.807) is 0 Å². The number of nitrogens with zero attached hydrogens (tertiary/aromatic N) is 1. The number of amides is 2. The molecule has 1 aromatic rings. The van der Waals surface area contributed by atoms with Crippen LogP contribution < -0.4 is 5.32 Å². The van der Waals surface area contributed by atoms with Crippen molar-refractivity contribution in [3.63, 3.8) is 0 Å². The Kier molecular flexibility index (Phi) is 5.75. The molecule has 2 amide bonds. The number of hydrogen-bond donors (Lipinski definition) is 1. The Morgan fingerprint density at radius 1 is 1.24 bits per heavy atom. The smallest absolute Gasteiger partial charge is 0.413 e. The quantitative estimate of drug-likeness (QED) is 0.919. The Balaban J connectivity index is 1.71. The van der Waals surface area contributed by atoms with Crippen LogP contribution in [0.4, 0.5) is 4.79 Å². The van der Waals surface area contributed by atoms with Gasteiger partial charge in [0.05, 0.1) is 13.7 Å². The second-order valence-electron chi connectivity index (χ2n) is 5.45. The molecule has 0 atom stereocenters. The van der Waals surface area contributed by atoms with E-state index in [9.17, 15) is 9.59 Å². The number of benzene rings is 1. The molecule has 1 aliphatic heterocycles. The second kappa shape index (κ2) is 7.78. The molecule has 114 valence electrons. The van der Waals surface area contributed by atoms with Crippen LogP contribution in [0.1, 0.15) is 18.4 Å². The third-order valence-corrected chi connectivity index (χ3v) is 3.87. The second-order valence-corrected chi connectivity index (χ2v) is 5.45. The van der Waals surface area contributed by atoms with E-state index in [-0.39, 0.29) is 12.5 Å².